The average molecular weight is 398 g/mol. The molecule has 26 heavy (non-hydrogen) atoms. The van der Waals surface area contributed by atoms with Crippen LogP contribution in [0, 0.1) is 5.82 Å². The molecule has 0 bridgehead atoms. The van der Waals surface area contributed by atoms with Gasteiger partial charge in [0.2, 0.25) is 10.0 Å². The summed E-state index contributed by atoms with van der Waals surface area (Å²) in [6, 6.07) is 2.95. The summed E-state index contributed by atoms with van der Waals surface area (Å²) in [6.07, 6.45) is 5.81. The third-order valence-electron chi connectivity index (χ3n) is 4.27. The maximum Gasteiger partial charge on any atom is 0.232 e. The standard InChI is InChI=1S/C17H19FN2O4S2/c1-4-20(26(3,22)23)15-11(7-8-13(25-2)14(15)18)16(21)12-9-19-24-17(12)10-5-6-10/h7-10H,4-6H2,1-3H3. The average Bonchev–Trinajstić information content (AvgIpc) is 3.31. The minimum atomic E-state index is -3.76. The van der Waals surface area contributed by atoms with Gasteiger partial charge in [0.15, 0.2) is 17.4 Å². The lowest BCUT2D eigenvalue weighted by Crippen LogP contribution is -2.32. The number of sulfonamides is 1. The van der Waals surface area contributed by atoms with E-state index in [-0.39, 0.29) is 34.2 Å². The Labute approximate surface area is 155 Å². The number of hydrogen-bond donors (Lipinski definition) is 0. The van der Waals surface area contributed by atoms with E-state index in [9.17, 15) is 13.2 Å². The van der Waals surface area contributed by atoms with Crippen LogP contribution >= 0.6 is 11.8 Å². The summed E-state index contributed by atoms with van der Waals surface area (Å²) < 4.78 is 45.5. The highest BCUT2D eigenvalue weighted by Gasteiger charge is 2.35. The summed E-state index contributed by atoms with van der Waals surface area (Å²) in [5.41, 5.74) is 0.0158. The molecule has 0 saturated heterocycles. The van der Waals surface area contributed by atoms with Crippen molar-refractivity contribution in [1.82, 2.24) is 5.16 Å². The van der Waals surface area contributed by atoms with Crippen molar-refractivity contribution in [2.45, 2.75) is 30.6 Å². The molecule has 1 aromatic heterocycles. The second-order valence-electron chi connectivity index (χ2n) is 6.11. The number of aromatic nitrogens is 1. The monoisotopic (exact) mass is 398 g/mol. The predicted octanol–water partition coefficient (Wildman–Crippen LogP) is 3.43. The van der Waals surface area contributed by atoms with E-state index in [1.54, 1.807) is 13.2 Å². The Morgan fingerprint density at radius 1 is 1.38 bits per heavy atom. The van der Waals surface area contributed by atoms with Crippen molar-refractivity contribution in [3.05, 3.63) is 41.0 Å². The third-order valence-corrected chi connectivity index (χ3v) is 6.27. The fourth-order valence-electron chi connectivity index (χ4n) is 2.89. The fourth-order valence-corrected chi connectivity index (χ4v) is 4.35. The molecule has 9 heteroatoms. The van der Waals surface area contributed by atoms with Gasteiger partial charge in [-0.05, 0) is 38.2 Å². The third kappa shape index (κ3) is 3.37. The van der Waals surface area contributed by atoms with Crippen molar-refractivity contribution >= 4 is 33.3 Å². The van der Waals surface area contributed by atoms with Crippen LogP contribution in [0.3, 0.4) is 0 Å². The summed E-state index contributed by atoms with van der Waals surface area (Å²) in [7, 11) is -3.76. The molecule has 0 atom stereocenters. The molecule has 0 radical (unpaired) electrons. The Bertz CT molecular complexity index is 952. The van der Waals surface area contributed by atoms with E-state index in [0.717, 1.165) is 35.2 Å². The van der Waals surface area contributed by atoms with Crippen LogP contribution in [0.2, 0.25) is 0 Å². The molecule has 0 unspecified atom stereocenters. The van der Waals surface area contributed by atoms with Crippen LogP contribution in [0.15, 0.2) is 27.7 Å². The summed E-state index contributed by atoms with van der Waals surface area (Å²) in [5, 5.41) is 3.70. The number of nitrogens with zero attached hydrogens (tertiary/aromatic N) is 2. The Balaban J connectivity index is 2.19. The first kappa shape index (κ1) is 18.9. The lowest BCUT2D eigenvalue weighted by atomic mass is 10.0. The largest absolute Gasteiger partial charge is 0.360 e. The van der Waals surface area contributed by atoms with Crippen molar-refractivity contribution in [3.8, 4) is 0 Å². The van der Waals surface area contributed by atoms with Gasteiger partial charge in [0.05, 0.1) is 29.3 Å². The van der Waals surface area contributed by atoms with E-state index in [0.29, 0.717) is 5.76 Å². The molecular formula is C17H19FN2O4S2. The molecule has 0 N–H and O–H groups in total. The number of carbonyl (C=O) groups excluding carboxylic acids is 1. The Kier molecular flexibility index (Phi) is 5.12. The minimum absolute atomic E-state index is 0.00693. The van der Waals surface area contributed by atoms with Crippen LogP contribution in [-0.2, 0) is 10.0 Å². The Hall–Kier alpha value is -1.87. The number of ketones is 1. The highest BCUT2D eigenvalue weighted by atomic mass is 32.2. The molecule has 1 aromatic carbocycles. The maximum atomic E-state index is 15.1. The van der Waals surface area contributed by atoms with Gasteiger partial charge in [0.25, 0.3) is 0 Å². The highest BCUT2D eigenvalue weighted by molar-refractivity contribution is 7.98. The van der Waals surface area contributed by atoms with E-state index in [1.165, 1.54) is 18.3 Å². The quantitative estimate of drug-likeness (QED) is 0.525. The summed E-state index contributed by atoms with van der Waals surface area (Å²) >= 11 is 1.15. The summed E-state index contributed by atoms with van der Waals surface area (Å²) in [6.45, 7) is 1.60. The van der Waals surface area contributed by atoms with Crippen LogP contribution in [0.1, 0.15) is 47.4 Å². The Morgan fingerprint density at radius 3 is 2.62 bits per heavy atom. The molecule has 2 aromatic rings. The van der Waals surface area contributed by atoms with Gasteiger partial charge < -0.3 is 4.52 Å². The number of benzene rings is 1. The van der Waals surface area contributed by atoms with Crippen LogP contribution in [0.25, 0.3) is 0 Å². The molecule has 3 rings (SSSR count). The van der Waals surface area contributed by atoms with E-state index >= 15 is 4.39 Å². The summed E-state index contributed by atoms with van der Waals surface area (Å²) in [5.74, 6) is -0.582. The smallest absolute Gasteiger partial charge is 0.232 e. The van der Waals surface area contributed by atoms with Gasteiger partial charge in [-0.25, -0.2) is 12.8 Å². The van der Waals surface area contributed by atoms with E-state index in [1.807, 2.05) is 0 Å². The zero-order valence-corrected chi connectivity index (χ0v) is 16.3. The first-order valence-electron chi connectivity index (χ1n) is 8.13. The van der Waals surface area contributed by atoms with Gasteiger partial charge in [-0.1, -0.05) is 5.16 Å². The normalized spacial score (nSPS) is 14.5. The molecular weight excluding hydrogens is 379 g/mol. The van der Waals surface area contributed by atoms with E-state index in [2.05, 4.69) is 5.16 Å². The molecule has 140 valence electrons. The van der Waals surface area contributed by atoms with Gasteiger partial charge >= 0.3 is 0 Å². The van der Waals surface area contributed by atoms with Gasteiger partial charge in [-0.2, -0.15) is 0 Å². The van der Waals surface area contributed by atoms with Gasteiger partial charge in [0, 0.05) is 17.4 Å². The molecule has 1 heterocycles. The number of hydrogen-bond acceptors (Lipinski definition) is 6. The van der Waals surface area contributed by atoms with Crippen LogP contribution < -0.4 is 4.31 Å². The molecule has 0 aliphatic heterocycles. The number of thioether (sulfide) groups is 1. The van der Waals surface area contributed by atoms with Crippen molar-refractivity contribution in [3.63, 3.8) is 0 Å². The predicted molar refractivity (Wildman–Crippen MR) is 98.0 cm³/mol. The summed E-state index contributed by atoms with van der Waals surface area (Å²) in [4.78, 5) is 13.4. The molecule has 0 amide bonds. The maximum absolute atomic E-state index is 15.1. The zero-order chi connectivity index (χ0) is 19.1. The SMILES string of the molecule is CCN(c1c(C(=O)c2cnoc2C2CC2)ccc(SC)c1F)S(C)(=O)=O. The van der Waals surface area contributed by atoms with E-state index < -0.39 is 21.6 Å². The topological polar surface area (TPSA) is 80.5 Å². The van der Waals surface area contributed by atoms with Crippen LogP contribution in [0.5, 0.6) is 0 Å². The second-order valence-corrected chi connectivity index (χ2v) is 8.87. The number of anilines is 1. The van der Waals surface area contributed by atoms with Crippen molar-refractivity contribution in [2.75, 3.05) is 23.4 Å². The van der Waals surface area contributed by atoms with Gasteiger partial charge in [-0.15, -0.1) is 11.8 Å². The number of rotatable bonds is 7. The fraction of sp³-hybridized carbons (Fsp3) is 0.412. The van der Waals surface area contributed by atoms with Gasteiger partial charge in [0.1, 0.15) is 0 Å². The first-order valence-corrected chi connectivity index (χ1v) is 11.2. The highest BCUT2D eigenvalue weighted by Crippen LogP contribution is 2.43. The van der Waals surface area contributed by atoms with Crippen molar-refractivity contribution < 1.29 is 22.1 Å². The number of carbonyl (C=O) groups is 1. The minimum Gasteiger partial charge on any atom is -0.360 e. The van der Waals surface area contributed by atoms with Crippen LogP contribution in [-0.4, -0.2) is 38.4 Å². The molecule has 6 nitrogen and oxygen atoms in total. The molecule has 0 spiro atoms. The zero-order valence-electron chi connectivity index (χ0n) is 14.7. The molecule has 1 aliphatic rings. The molecule has 1 aliphatic carbocycles. The Morgan fingerprint density at radius 2 is 2.08 bits per heavy atom. The molecule has 1 saturated carbocycles. The second kappa shape index (κ2) is 7.03. The first-order chi connectivity index (χ1) is 12.3. The van der Waals surface area contributed by atoms with E-state index in [4.69, 9.17) is 4.52 Å². The lowest BCUT2D eigenvalue weighted by molar-refractivity contribution is 0.103. The lowest BCUT2D eigenvalue weighted by Gasteiger charge is -2.24. The van der Waals surface area contributed by atoms with Crippen molar-refractivity contribution in [2.24, 2.45) is 0 Å². The van der Waals surface area contributed by atoms with Crippen molar-refractivity contribution in [1.29, 1.82) is 0 Å². The number of halogens is 1. The molecule has 1 fully saturated rings. The van der Waals surface area contributed by atoms with Crippen LogP contribution in [0.4, 0.5) is 10.1 Å². The van der Waals surface area contributed by atoms with Gasteiger partial charge in [-0.3, -0.25) is 9.10 Å².